The quantitative estimate of drug-likeness (QED) is 0.783. The Morgan fingerprint density at radius 2 is 1.96 bits per heavy atom. The molecule has 1 fully saturated rings. The molecule has 0 radical (unpaired) electrons. The van der Waals surface area contributed by atoms with Crippen LogP contribution in [0.5, 0.6) is 0 Å². The summed E-state index contributed by atoms with van der Waals surface area (Å²) in [5.74, 6) is 0.859. The molecule has 2 aromatic rings. The van der Waals surface area contributed by atoms with Crippen molar-refractivity contribution in [3.63, 3.8) is 0 Å². The second-order valence-electron chi connectivity index (χ2n) is 6.70. The SMILES string of the molecule is Cn1nc(Cc2ccc(F)cc2Cl)n(CC2CCCCCC2)c1=O. The van der Waals surface area contributed by atoms with E-state index in [-0.39, 0.29) is 11.5 Å². The Bertz CT molecular complexity index is 760. The van der Waals surface area contributed by atoms with E-state index in [2.05, 4.69) is 5.10 Å². The second kappa shape index (κ2) is 7.51. The molecule has 6 heteroatoms. The summed E-state index contributed by atoms with van der Waals surface area (Å²) in [6.45, 7) is 0.709. The fourth-order valence-corrected chi connectivity index (χ4v) is 3.74. The van der Waals surface area contributed by atoms with Crippen LogP contribution in [0.15, 0.2) is 23.0 Å². The van der Waals surface area contributed by atoms with Crippen molar-refractivity contribution in [2.24, 2.45) is 13.0 Å². The van der Waals surface area contributed by atoms with Crippen molar-refractivity contribution in [3.8, 4) is 0 Å². The molecule has 1 aromatic heterocycles. The van der Waals surface area contributed by atoms with Crippen molar-refractivity contribution < 1.29 is 4.39 Å². The lowest BCUT2D eigenvalue weighted by atomic mass is 10.0. The molecule has 1 aliphatic rings. The fourth-order valence-electron chi connectivity index (χ4n) is 3.51. The lowest BCUT2D eigenvalue weighted by Gasteiger charge is -2.15. The number of hydrogen-bond acceptors (Lipinski definition) is 2. The molecule has 0 unspecified atom stereocenters. The van der Waals surface area contributed by atoms with Crippen LogP contribution in [0, 0.1) is 11.7 Å². The molecular weight excluding hydrogens is 329 g/mol. The Labute approximate surface area is 146 Å². The van der Waals surface area contributed by atoms with Gasteiger partial charge in [-0.1, -0.05) is 43.4 Å². The standard InChI is InChI=1S/C18H23ClFN3O/c1-22-18(24)23(12-13-6-4-2-3-5-7-13)17(21-22)10-14-8-9-15(20)11-16(14)19/h8-9,11,13H,2-7,10,12H2,1H3. The first-order valence-corrected chi connectivity index (χ1v) is 8.99. The van der Waals surface area contributed by atoms with E-state index in [9.17, 15) is 9.18 Å². The largest absolute Gasteiger partial charge is 0.345 e. The Morgan fingerprint density at radius 3 is 2.62 bits per heavy atom. The third-order valence-electron chi connectivity index (χ3n) is 4.86. The van der Waals surface area contributed by atoms with Crippen molar-refractivity contribution in [2.45, 2.75) is 51.5 Å². The molecule has 130 valence electrons. The van der Waals surface area contributed by atoms with E-state index in [0.29, 0.717) is 29.7 Å². The van der Waals surface area contributed by atoms with Gasteiger partial charge < -0.3 is 0 Å². The zero-order chi connectivity index (χ0) is 17.1. The molecule has 0 atom stereocenters. The van der Waals surface area contributed by atoms with Crippen LogP contribution in [0.2, 0.25) is 5.02 Å². The topological polar surface area (TPSA) is 39.8 Å². The summed E-state index contributed by atoms with van der Waals surface area (Å²) in [6, 6.07) is 4.35. The van der Waals surface area contributed by atoms with Gasteiger partial charge in [0.25, 0.3) is 0 Å². The summed E-state index contributed by atoms with van der Waals surface area (Å²) in [4.78, 5) is 12.4. The minimum atomic E-state index is -0.361. The third-order valence-corrected chi connectivity index (χ3v) is 5.22. The summed E-state index contributed by atoms with van der Waals surface area (Å²) in [7, 11) is 1.67. The Morgan fingerprint density at radius 1 is 1.25 bits per heavy atom. The molecule has 0 saturated heterocycles. The zero-order valence-electron chi connectivity index (χ0n) is 14.0. The summed E-state index contributed by atoms with van der Waals surface area (Å²) >= 11 is 6.13. The lowest BCUT2D eigenvalue weighted by molar-refractivity contribution is 0.383. The van der Waals surface area contributed by atoms with Crippen LogP contribution < -0.4 is 5.69 Å². The van der Waals surface area contributed by atoms with Crippen molar-refractivity contribution in [2.75, 3.05) is 0 Å². The average molecular weight is 352 g/mol. The van der Waals surface area contributed by atoms with Gasteiger partial charge in [-0.15, -0.1) is 0 Å². The molecule has 1 saturated carbocycles. The number of hydrogen-bond donors (Lipinski definition) is 0. The van der Waals surface area contributed by atoms with Crippen molar-refractivity contribution >= 4 is 11.6 Å². The monoisotopic (exact) mass is 351 g/mol. The molecule has 1 aliphatic carbocycles. The molecule has 0 amide bonds. The molecule has 0 N–H and O–H groups in total. The molecule has 0 bridgehead atoms. The molecular formula is C18H23ClFN3O. The second-order valence-corrected chi connectivity index (χ2v) is 7.11. The number of rotatable bonds is 4. The predicted octanol–water partition coefficient (Wildman–Crippen LogP) is 3.94. The minimum Gasteiger partial charge on any atom is -0.278 e. The van der Waals surface area contributed by atoms with Crippen LogP contribution in [0.1, 0.15) is 49.9 Å². The Kier molecular flexibility index (Phi) is 5.39. The summed E-state index contributed by atoms with van der Waals surface area (Å²) in [6.07, 6.45) is 7.81. The highest BCUT2D eigenvalue weighted by molar-refractivity contribution is 6.31. The highest BCUT2D eigenvalue weighted by Gasteiger charge is 2.19. The fraction of sp³-hybridized carbons (Fsp3) is 0.556. The number of aryl methyl sites for hydroxylation is 1. The Hall–Kier alpha value is -1.62. The van der Waals surface area contributed by atoms with E-state index in [0.717, 1.165) is 18.4 Å². The van der Waals surface area contributed by atoms with Crippen molar-refractivity contribution in [1.82, 2.24) is 14.3 Å². The molecule has 1 aromatic carbocycles. The van der Waals surface area contributed by atoms with E-state index in [1.807, 2.05) is 0 Å². The van der Waals surface area contributed by atoms with Gasteiger partial charge in [0, 0.05) is 25.0 Å². The smallest absolute Gasteiger partial charge is 0.278 e. The van der Waals surface area contributed by atoms with Crippen LogP contribution in [-0.2, 0) is 20.0 Å². The highest BCUT2D eigenvalue weighted by Crippen LogP contribution is 2.25. The molecule has 1 heterocycles. The average Bonchev–Trinajstić information content (AvgIpc) is 2.74. The molecule has 0 spiro atoms. The van der Waals surface area contributed by atoms with Gasteiger partial charge in [0.15, 0.2) is 0 Å². The van der Waals surface area contributed by atoms with E-state index in [1.54, 1.807) is 17.7 Å². The maximum Gasteiger partial charge on any atom is 0.345 e. The normalized spacial score (nSPS) is 16.3. The van der Waals surface area contributed by atoms with Gasteiger partial charge in [0.2, 0.25) is 0 Å². The van der Waals surface area contributed by atoms with Crippen LogP contribution >= 0.6 is 11.6 Å². The van der Waals surface area contributed by atoms with E-state index < -0.39 is 0 Å². The van der Waals surface area contributed by atoms with Gasteiger partial charge in [-0.3, -0.25) is 4.57 Å². The molecule has 3 rings (SSSR count). The molecule has 4 nitrogen and oxygen atoms in total. The maximum absolute atomic E-state index is 13.2. The van der Waals surface area contributed by atoms with Crippen molar-refractivity contribution in [1.29, 1.82) is 0 Å². The van der Waals surface area contributed by atoms with E-state index in [4.69, 9.17) is 11.6 Å². The van der Waals surface area contributed by atoms with Crippen LogP contribution in [-0.4, -0.2) is 14.3 Å². The number of nitrogens with zero attached hydrogens (tertiary/aromatic N) is 3. The molecule has 24 heavy (non-hydrogen) atoms. The van der Waals surface area contributed by atoms with Crippen molar-refractivity contribution in [3.05, 3.63) is 50.9 Å². The maximum atomic E-state index is 13.2. The minimum absolute atomic E-state index is 0.0903. The lowest BCUT2D eigenvalue weighted by Crippen LogP contribution is -2.26. The number of aromatic nitrogens is 3. The van der Waals surface area contributed by atoms with Crippen LogP contribution in [0.25, 0.3) is 0 Å². The van der Waals surface area contributed by atoms with Crippen LogP contribution in [0.4, 0.5) is 4.39 Å². The van der Waals surface area contributed by atoms with Gasteiger partial charge in [0.1, 0.15) is 11.6 Å². The first-order valence-electron chi connectivity index (χ1n) is 8.61. The summed E-state index contributed by atoms with van der Waals surface area (Å²) in [5.41, 5.74) is 0.693. The zero-order valence-corrected chi connectivity index (χ0v) is 14.7. The van der Waals surface area contributed by atoms with Gasteiger partial charge in [-0.25, -0.2) is 13.9 Å². The van der Waals surface area contributed by atoms with Gasteiger partial charge in [0.05, 0.1) is 0 Å². The van der Waals surface area contributed by atoms with Crippen LogP contribution in [0.3, 0.4) is 0 Å². The number of halogens is 2. The van der Waals surface area contributed by atoms with Gasteiger partial charge >= 0.3 is 5.69 Å². The summed E-state index contributed by atoms with van der Waals surface area (Å²) < 4.78 is 16.4. The van der Waals surface area contributed by atoms with E-state index >= 15 is 0 Å². The summed E-state index contributed by atoms with van der Waals surface area (Å²) in [5, 5.41) is 4.74. The highest BCUT2D eigenvalue weighted by atomic mass is 35.5. The first kappa shape index (κ1) is 17.2. The van der Waals surface area contributed by atoms with Gasteiger partial charge in [-0.2, -0.15) is 5.10 Å². The Balaban J connectivity index is 1.85. The van der Waals surface area contributed by atoms with Gasteiger partial charge in [-0.05, 0) is 36.5 Å². The third kappa shape index (κ3) is 3.89. The molecule has 0 aliphatic heterocycles. The predicted molar refractivity (Wildman–Crippen MR) is 92.9 cm³/mol. The van der Waals surface area contributed by atoms with E-state index in [1.165, 1.54) is 42.5 Å². The first-order chi connectivity index (χ1) is 11.5. The number of benzene rings is 1.